The van der Waals surface area contributed by atoms with Gasteiger partial charge in [-0.25, -0.2) is 9.59 Å². The summed E-state index contributed by atoms with van der Waals surface area (Å²) in [4.78, 5) is 19.0. The average Bonchev–Trinajstić information content (AvgIpc) is 3.28. The Hall–Kier alpha value is -4.56. The minimum Gasteiger partial charge on any atom is -0.489 e. The van der Waals surface area contributed by atoms with Crippen molar-refractivity contribution in [3.63, 3.8) is 0 Å². The quantitative estimate of drug-likeness (QED) is 0.0412. The topological polar surface area (TPSA) is 164 Å². The Kier molecular flexibility index (Phi) is 31.2. The molecule has 0 saturated carbocycles. The number of carboxylic acid groups (broad SMARTS) is 2. The lowest BCUT2D eigenvalue weighted by atomic mass is 10.0. The first-order valence-corrected chi connectivity index (χ1v) is 22.9. The number of rotatable bonds is 16. The van der Waals surface area contributed by atoms with Crippen molar-refractivity contribution < 1.29 is 49.0 Å². The molecule has 11 nitrogen and oxygen atoms in total. The Morgan fingerprint density at radius 2 is 1.17 bits per heavy atom. The summed E-state index contributed by atoms with van der Waals surface area (Å²) < 4.78 is 23.8. The third kappa shape index (κ3) is 23.9. The summed E-state index contributed by atoms with van der Waals surface area (Å²) >= 11 is 16.1. The molecule has 2 unspecified atom stereocenters. The van der Waals surface area contributed by atoms with Gasteiger partial charge in [0.15, 0.2) is 0 Å². The van der Waals surface area contributed by atoms with Crippen molar-refractivity contribution in [2.24, 2.45) is 0 Å². The SMILES string of the molecule is C.C/C=C/C(=O)O.C/C=C/C(=O)O.CCCCO.Clc1cc2c(cc1OCc1ccccc1)OC(CBr)CC2.OCCCNCC1CCc2cc(Cl)c(OCc3ccccc3)cc2O1. The Labute approximate surface area is 398 Å². The Morgan fingerprint density at radius 3 is 1.53 bits per heavy atom. The highest BCUT2D eigenvalue weighted by atomic mass is 79.9. The first-order valence-electron chi connectivity index (χ1n) is 21.0. The molecule has 0 bridgehead atoms. The highest BCUT2D eigenvalue weighted by Crippen LogP contribution is 2.38. The van der Waals surface area contributed by atoms with Crippen molar-refractivity contribution in [3.8, 4) is 23.0 Å². The smallest absolute Gasteiger partial charge is 0.327 e. The van der Waals surface area contributed by atoms with Crippen molar-refractivity contribution in [3.05, 3.63) is 142 Å². The highest BCUT2D eigenvalue weighted by Gasteiger charge is 2.23. The van der Waals surface area contributed by atoms with E-state index < -0.39 is 11.9 Å². The van der Waals surface area contributed by atoms with E-state index in [-0.39, 0.29) is 26.2 Å². The van der Waals surface area contributed by atoms with Gasteiger partial charge in [-0.3, -0.25) is 0 Å². The molecule has 4 aromatic carbocycles. The average molecular weight is 992 g/mol. The number of nitrogens with one attached hydrogen (secondary N) is 1. The Balaban J connectivity index is 0.000000470. The number of allylic oxidation sites excluding steroid dienone is 2. The molecule has 0 aliphatic carbocycles. The van der Waals surface area contributed by atoms with Gasteiger partial charge in [-0.1, -0.05) is 133 Å². The summed E-state index contributed by atoms with van der Waals surface area (Å²) in [7, 11) is 0. The number of carboxylic acids is 2. The molecule has 6 rings (SSSR count). The van der Waals surface area contributed by atoms with E-state index in [0.29, 0.717) is 41.4 Å². The van der Waals surface area contributed by atoms with Gasteiger partial charge in [-0.2, -0.15) is 0 Å². The normalized spacial score (nSPS) is 14.3. The lowest BCUT2D eigenvalue weighted by Crippen LogP contribution is -2.34. The summed E-state index contributed by atoms with van der Waals surface area (Å²) in [6, 6.07) is 27.8. The van der Waals surface area contributed by atoms with Crippen molar-refractivity contribution in [1.82, 2.24) is 5.32 Å². The van der Waals surface area contributed by atoms with E-state index in [2.05, 4.69) is 28.2 Å². The first kappa shape index (κ1) is 57.5. The number of alkyl halides is 1. The number of aliphatic hydroxyl groups excluding tert-OH is 2. The minimum absolute atomic E-state index is 0. The van der Waals surface area contributed by atoms with Gasteiger partial charge in [0.2, 0.25) is 0 Å². The second-order valence-corrected chi connectivity index (χ2v) is 15.5. The highest BCUT2D eigenvalue weighted by molar-refractivity contribution is 9.09. The Morgan fingerprint density at radius 1 is 0.734 bits per heavy atom. The van der Waals surface area contributed by atoms with E-state index in [1.54, 1.807) is 13.8 Å². The molecule has 14 heteroatoms. The number of fused-ring (bicyclic) bond motifs is 2. The summed E-state index contributed by atoms with van der Waals surface area (Å²) in [5.41, 5.74) is 4.50. The molecule has 64 heavy (non-hydrogen) atoms. The summed E-state index contributed by atoms with van der Waals surface area (Å²) in [6.07, 6.45) is 12.2. The number of aryl methyl sites for hydroxylation is 2. The molecule has 2 heterocycles. The third-order valence-corrected chi connectivity index (χ3v) is 10.3. The van der Waals surface area contributed by atoms with Crippen LogP contribution >= 0.6 is 39.1 Å². The van der Waals surface area contributed by atoms with E-state index in [1.165, 1.54) is 12.2 Å². The van der Waals surface area contributed by atoms with Gasteiger partial charge in [0.25, 0.3) is 0 Å². The van der Waals surface area contributed by atoms with Gasteiger partial charge < -0.3 is 44.7 Å². The number of halogens is 3. The van der Waals surface area contributed by atoms with Gasteiger partial charge in [0.1, 0.15) is 48.4 Å². The van der Waals surface area contributed by atoms with Gasteiger partial charge in [-0.05, 0) is 93.3 Å². The van der Waals surface area contributed by atoms with Gasteiger partial charge >= 0.3 is 11.9 Å². The van der Waals surface area contributed by atoms with Crippen LogP contribution < -0.4 is 24.3 Å². The molecule has 2 aliphatic rings. The second kappa shape index (κ2) is 34.8. The molecule has 5 N–H and O–H groups in total. The fourth-order valence-corrected chi connectivity index (χ4v) is 6.66. The number of aliphatic carboxylic acids is 2. The fraction of sp³-hybridized carbons (Fsp3) is 0.400. The van der Waals surface area contributed by atoms with Crippen LogP contribution in [0.5, 0.6) is 23.0 Å². The lowest BCUT2D eigenvalue weighted by molar-refractivity contribution is -0.132. The van der Waals surface area contributed by atoms with Crippen LogP contribution in [-0.2, 0) is 35.6 Å². The predicted molar refractivity (Wildman–Crippen MR) is 262 cm³/mol. The molecular formula is C50H66BrCl2NO10. The van der Waals surface area contributed by atoms with Crippen molar-refractivity contribution in [1.29, 1.82) is 0 Å². The standard InChI is InChI=1S/C20H24ClNO3.C17H16BrClO2.2C4H6O2.C4H10O.CH4/c21-18-11-16-7-8-17(13-22-9-4-10-23)25-19(16)12-20(18)24-14-15-5-2-1-3-6-15;18-10-14-7-6-13-8-15(19)17(9-16(13)21-14)20-11-12-4-2-1-3-5-12;2*1-2-3-4(5)6;1-2-3-4-5;/h1-3,5-6,11-12,17,22-23H,4,7-10,13-14H2;1-5,8-9,14H,6-7,10-11H2;2*2-3H,1H3,(H,5,6);5H,2-4H2,1H3;1H4/b;;2*3-2+;;. The summed E-state index contributed by atoms with van der Waals surface area (Å²) in [5, 5.41) is 38.0. The fourth-order valence-electron chi connectivity index (χ4n) is 5.73. The maximum absolute atomic E-state index is 9.51. The maximum atomic E-state index is 9.51. The monoisotopic (exact) mass is 989 g/mol. The molecule has 352 valence electrons. The molecule has 4 aromatic rings. The molecule has 2 aliphatic heterocycles. The largest absolute Gasteiger partial charge is 0.489 e. The van der Waals surface area contributed by atoms with Crippen LogP contribution in [0, 0.1) is 0 Å². The van der Waals surface area contributed by atoms with Crippen LogP contribution in [0.25, 0.3) is 0 Å². The number of unbranched alkanes of at least 4 members (excludes halogenated alkanes) is 1. The van der Waals surface area contributed by atoms with Crippen LogP contribution in [0.2, 0.25) is 10.0 Å². The molecule has 0 saturated heterocycles. The van der Waals surface area contributed by atoms with E-state index in [0.717, 1.165) is 109 Å². The molecule has 0 amide bonds. The van der Waals surface area contributed by atoms with Gasteiger partial charge in [0.05, 0.1) is 10.0 Å². The number of benzene rings is 4. The van der Waals surface area contributed by atoms with Crippen LogP contribution in [0.1, 0.15) is 82.6 Å². The van der Waals surface area contributed by atoms with Crippen molar-refractivity contribution >= 4 is 51.1 Å². The summed E-state index contributed by atoms with van der Waals surface area (Å²) in [5.74, 6) is 1.29. The molecule has 0 aromatic heterocycles. The number of ether oxygens (including phenoxy) is 4. The van der Waals surface area contributed by atoms with Gasteiger partial charge in [-0.15, -0.1) is 0 Å². The zero-order valence-corrected chi connectivity index (χ0v) is 39.4. The third-order valence-electron chi connectivity index (χ3n) is 8.95. The van der Waals surface area contributed by atoms with Crippen LogP contribution in [0.3, 0.4) is 0 Å². The van der Waals surface area contributed by atoms with E-state index in [4.69, 9.17) is 62.6 Å². The molecular weight excluding hydrogens is 925 g/mol. The zero-order chi connectivity index (χ0) is 46.2. The maximum Gasteiger partial charge on any atom is 0.327 e. The zero-order valence-electron chi connectivity index (χ0n) is 36.3. The second-order valence-electron chi connectivity index (χ2n) is 14.1. The lowest BCUT2D eigenvalue weighted by Gasteiger charge is -2.27. The number of hydrogen-bond donors (Lipinski definition) is 5. The van der Waals surface area contributed by atoms with E-state index in [9.17, 15) is 9.59 Å². The summed E-state index contributed by atoms with van der Waals surface area (Å²) in [6.45, 7) is 8.49. The predicted octanol–water partition coefficient (Wildman–Crippen LogP) is 11.3. The molecule has 0 fully saturated rings. The molecule has 0 spiro atoms. The number of carbonyl (C=O) groups is 2. The van der Waals surface area contributed by atoms with Crippen LogP contribution in [-0.4, -0.2) is 76.2 Å². The van der Waals surface area contributed by atoms with Crippen LogP contribution in [0.4, 0.5) is 0 Å². The van der Waals surface area contributed by atoms with Gasteiger partial charge in [0, 0.05) is 49.4 Å². The first-order chi connectivity index (χ1) is 30.5. The number of hydrogen-bond acceptors (Lipinski definition) is 9. The van der Waals surface area contributed by atoms with E-state index >= 15 is 0 Å². The van der Waals surface area contributed by atoms with Crippen LogP contribution in [0.15, 0.2) is 109 Å². The van der Waals surface area contributed by atoms with Crippen molar-refractivity contribution in [2.75, 3.05) is 31.6 Å². The molecule has 0 radical (unpaired) electrons. The number of aliphatic hydroxyl groups is 2. The van der Waals surface area contributed by atoms with Crippen molar-refractivity contribution in [2.45, 2.75) is 98.6 Å². The Bertz CT molecular complexity index is 1930. The minimum atomic E-state index is -0.891. The van der Waals surface area contributed by atoms with E-state index in [1.807, 2.05) is 84.9 Å². The molecule has 2 atom stereocenters.